The van der Waals surface area contributed by atoms with Crippen molar-refractivity contribution in [3.63, 3.8) is 0 Å². The third-order valence-corrected chi connectivity index (χ3v) is 4.55. The van der Waals surface area contributed by atoms with Gasteiger partial charge in [0.2, 0.25) is 0 Å². The van der Waals surface area contributed by atoms with E-state index in [-0.39, 0.29) is 17.0 Å². The minimum Gasteiger partial charge on any atom is -1.00 e. The number of hydrogen-bond acceptors (Lipinski definition) is 2. The topological polar surface area (TPSA) is 29.9 Å². The lowest BCUT2D eigenvalue weighted by molar-refractivity contribution is -0.609. The van der Waals surface area contributed by atoms with Gasteiger partial charge in [0, 0.05) is 6.07 Å². The minimum atomic E-state index is 0. The maximum Gasteiger partial charge on any atom is 0.298 e. The summed E-state index contributed by atoms with van der Waals surface area (Å²) in [7, 11) is 0. The fraction of sp³-hybridized carbons (Fsp3) is 0.0556. The van der Waals surface area contributed by atoms with Gasteiger partial charge in [0.15, 0.2) is 0 Å². The van der Waals surface area contributed by atoms with Gasteiger partial charge in [0.1, 0.15) is 4.70 Å². The molecule has 3 aromatic rings. The first kappa shape index (κ1) is 16.5. The van der Waals surface area contributed by atoms with Crippen LogP contribution in [0.3, 0.4) is 0 Å². The largest absolute Gasteiger partial charge is 1.00 e. The van der Waals surface area contributed by atoms with Crippen LogP contribution in [0, 0.1) is 0 Å². The number of thiazole rings is 1. The SMILES string of the molecule is CC=C(C=Cc1ccccc1)c1sc2ccccc2[n+]1N.[Br-]. The summed E-state index contributed by atoms with van der Waals surface area (Å²) in [5, 5.41) is 1.06. The summed E-state index contributed by atoms with van der Waals surface area (Å²) in [5.74, 6) is 6.24. The fourth-order valence-corrected chi connectivity index (χ4v) is 3.37. The average molecular weight is 373 g/mol. The van der Waals surface area contributed by atoms with E-state index in [0.717, 1.165) is 16.1 Å². The standard InChI is InChI=1S/C18H17N2S.BrH/c1-2-15(13-12-14-8-4-3-5-9-14)18-20(19)16-10-6-7-11-17(16)21-18;/h2-13H,19H2,1H3;1H/q+1;/p-1. The molecule has 0 atom stereocenters. The summed E-state index contributed by atoms with van der Waals surface area (Å²) >= 11 is 1.71. The Balaban J connectivity index is 0.00000176. The molecule has 2 aromatic carbocycles. The van der Waals surface area contributed by atoms with Gasteiger partial charge < -0.3 is 17.0 Å². The van der Waals surface area contributed by atoms with Crippen molar-refractivity contribution >= 4 is 33.2 Å². The molecule has 2 nitrogen and oxygen atoms in total. The molecular formula is C18H17BrN2S. The molecule has 112 valence electrons. The summed E-state index contributed by atoms with van der Waals surface area (Å²) in [6.07, 6.45) is 6.32. The van der Waals surface area contributed by atoms with Crippen LogP contribution in [0.15, 0.2) is 66.7 Å². The normalized spacial score (nSPS) is 11.8. The number of allylic oxidation sites excluding steroid dienone is 3. The number of rotatable bonds is 3. The Labute approximate surface area is 145 Å². The van der Waals surface area contributed by atoms with Crippen LogP contribution in [-0.2, 0) is 0 Å². The monoisotopic (exact) mass is 372 g/mol. The van der Waals surface area contributed by atoms with E-state index >= 15 is 0 Å². The quantitative estimate of drug-likeness (QED) is 0.415. The minimum absolute atomic E-state index is 0. The molecular weight excluding hydrogens is 356 g/mol. The Hall–Kier alpha value is -1.91. The van der Waals surface area contributed by atoms with Crippen LogP contribution in [0.4, 0.5) is 0 Å². The van der Waals surface area contributed by atoms with Gasteiger partial charge in [-0.15, -0.1) is 0 Å². The summed E-state index contributed by atoms with van der Waals surface area (Å²) < 4.78 is 2.97. The van der Waals surface area contributed by atoms with Crippen LogP contribution in [-0.4, -0.2) is 0 Å². The molecule has 0 aliphatic carbocycles. The lowest BCUT2D eigenvalue weighted by atomic mass is 10.1. The van der Waals surface area contributed by atoms with Crippen LogP contribution < -0.4 is 27.5 Å². The molecule has 0 aliphatic heterocycles. The Morgan fingerprint density at radius 1 is 1.05 bits per heavy atom. The first-order chi connectivity index (χ1) is 10.3. The number of benzene rings is 2. The van der Waals surface area contributed by atoms with E-state index in [2.05, 4.69) is 36.4 Å². The number of nitrogen functional groups attached to an aromatic ring is 1. The lowest BCUT2D eigenvalue weighted by Crippen LogP contribution is -3.00. The molecule has 0 amide bonds. The van der Waals surface area contributed by atoms with Crippen molar-refractivity contribution in [1.29, 1.82) is 0 Å². The molecule has 4 heteroatoms. The molecule has 1 heterocycles. The lowest BCUT2D eigenvalue weighted by Gasteiger charge is -1.95. The third kappa shape index (κ3) is 3.29. The van der Waals surface area contributed by atoms with Gasteiger partial charge in [-0.25, -0.2) is 5.84 Å². The van der Waals surface area contributed by atoms with E-state index in [4.69, 9.17) is 5.84 Å². The van der Waals surface area contributed by atoms with Gasteiger partial charge in [-0.3, -0.25) is 0 Å². The van der Waals surface area contributed by atoms with Crippen molar-refractivity contribution < 1.29 is 21.7 Å². The maximum absolute atomic E-state index is 6.24. The molecule has 0 spiro atoms. The molecule has 0 aliphatic rings. The molecule has 0 unspecified atom stereocenters. The van der Waals surface area contributed by atoms with Gasteiger partial charge >= 0.3 is 0 Å². The van der Waals surface area contributed by atoms with E-state index in [1.165, 1.54) is 10.3 Å². The molecule has 22 heavy (non-hydrogen) atoms. The summed E-state index contributed by atoms with van der Waals surface area (Å²) in [5.41, 5.74) is 3.37. The predicted molar refractivity (Wildman–Crippen MR) is 91.3 cm³/mol. The Kier molecular flexibility index (Phi) is 5.52. The van der Waals surface area contributed by atoms with Gasteiger partial charge in [0.25, 0.3) is 10.5 Å². The van der Waals surface area contributed by atoms with Crippen LogP contribution >= 0.6 is 11.3 Å². The highest BCUT2D eigenvalue weighted by Gasteiger charge is 2.19. The predicted octanol–water partition coefficient (Wildman–Crippen LogP) is 1.02. The van der Waals surface area contributed by atoms with Crippen LogP contribution in [0.2, 0.25) is 0 Å². The van der Waals surface area contributed by atoms with E-state index in [0.29, 0.717) is 0 Å². The van der Waals surface area contributed by atoms with Gasteiger partial charge in [0.05, 0.1) is 5.57 Å². The van der Waals surface area contributed by atoms with Crippen molar-refractivity contribution in [3.8, 4) is 0 Å². The van der Waals surface area contributed by atoms with Crippen molar-refractivity contribution in [2.45, 2.75) is 6.92 Å². The van der Waals surface area contributed by atoms with Crippen molar-refractivity contribution in [2.24, 2.45) is 0 Å². The van der Waals surface area contributed by atoms with Crippen LogP contribution in [0.25, 0.3) is 21.9 Å². The number of halogens is 1. The zero-order valence-electron chi connectivity index (χ0n) is 12.2. The molecule has 0 bridgehead atoms. The van der Waals surface area contributed by atoms with E-state index in [9.17, 15) is 0 Å². The molecule has 0 fully saturated rings. The number of hydrogen-bond donors (Lipinski definition) is 1. The molecule has 0 saturated heterocycles. The molecule has 2 N–H and O–H groups in total. The highest BCUT2D eigenvalue weighted by Crippen LogP contribution is 2.25. The van der Waals surface area contributed by atoms with Crippen molar-refractivity contribution in [2.75, 3.05) is 5.84 Å². The van der Waals surface area contributed by atoms with E-state index in [1.807, 2.05) is 43.3 Å². The second kappa shape index (κ2) is 7.38. The maximum atomic E-state index is 6.24. The summed E-state index contributed by atoms with van der Waals surface area (Å²) in [4.78, 5) is 0. The van der Waals surface area contributed by atoms with Crippen molar-refractivity contribution in [1.82, 2.24) is 0 Å². The Morgan fingerprint density at radius 3 is 2.41 bits per heavy atom. The van der Waals surface area contributed by atoms with Gasteiger partial charge in [-0.2, -0.15) is 0 Å². The van der Waals surface area contributed by atoms with E-state index in [1.54, 1.807) is 16.0 Å². The third-order valence-electron chi connectivity index (χ3n) is 3.36. The highest BCUT2D eigenvalue weighted by atomic mass is 79.9. The Morgan fingerprint density at radius 2 is 1.73 bits per heavy atom. The highest BCUT2D eigenvalue weighted by molar-refractivity contribution is 7.19. The van der Waals surface area contributed by atoms with E-state index < -0.39 is 0 Å². The first-order valence-electron chi connectivity index (χ1n) is 6.88. The molecule has 1 aromatic heterocycles. The second-order valence-corrected chi connectivity index (χ2v) is 5.76. The summed E-state index contributed by atoms with van der Waals surface area (Å²) in [6.45, 7) is 2.04. The van der Waals surface area contributed by atoms with Crippen LogP contribution in [0.5, 0.6) is 0 Å². The number of nitrogens with zero attached hydrogens (tertiary/aromatic N) is 1. The Bertz CT molecular complexity index is 819. The number of aromatic nitrogens is 1. The smallest absolute Gasteiger partial charge is 0.298 e. The average Bonchev–Trinajstić information content (AvgIpc) is 2.87. The number of nitrogens with two attached hydrogens (primary N) is 1. The molecule has 3 rings (SSSR count). The fourth-order valence-electron chi connectivity index (χ4n) is 2.24. The number of fused-ring (bicyclic) bond motifs is 1. The van der Waals surface area contributed by atoms with Gasteiger partial charge in [-0.1, -0.05) is 70.6 Å². The summed E-state index contributed by atoms with van der Waals surface area (Å²) in [6, 6.07) is 18.5. The van der Waals surface area contributed by atoms with Crippen LogP contribution in [0.1, 0.15) is 17.5 Å². The van der Waals surface area contributed by atoms with Crippen molar-refractivity contribution in [3.05, 3.63) is 77.3 Å². The zero-order valence-corrected chi connectivity index (χ0v) is 14.6. The van der Waals surface area contributed by atoms with Gasteiger partial charge in [-0.05, 0) is 24.6 Å². The molecule has 0 saturated carbocycles. The zero-order chi connectivity index (χ0) is 14.7. The molecule has 0 radical (unpaired) electrons. The number of para-hydroxylation sites is 1. The first-order valence-corrected chi connectivity index (χ1v) is 7.69. The second-order valence-electron chi connectivity index (χ2n) is 4.73.